The largest absolute Gasteiger partial charge is 0.496 e. The van der Waals surface area contributed by atoms with E-state index in [1.165, 1.54) is 29.0 Å². The van der Waals surface area contributed by atoms with Crippen LogP contribution in [0.3, 0.4) is 0 Å². The highest BCUT2D eigenvalue weighted by molar-refractivity contribution is 7.98. The van der Waals surface area contributed by atoms with Crippen molar-refractivity contribution in [2.75, 3.05) is 25.3 Å². The lowest BCUT2D eigenvalue weighted by molar-refractivity contribution is -0.137. The molecule has 1 heterocycles. The molecule has 0 saturated heterocycles. The Balaban J connectivity index is 1.90. The van der Waals surface area contributed by atoms with Crippen molar-refractivity contribution < 1.29 is 14.3 Å². The summed E-state index contributed by atoms with van der Waals surface area (Å²) >= 11 is 1.47. The second-order valence-electron chi connectivity index (χ2n) is 6.01. The van der Waals surface area contributed by atoms with Gasteiger partial charge in [-0.15, -0.1) is 0 Å². The third-order valence-corrected chi connectivity index (χ3v) is 4.96. The second-order valence-corrected chi connectivity index (χ2v) is 6.79. The number of esters is 1. The number of carbonyl (C=O) groups excluding carboxylic acids is 1. The van der Waals surface area contributed by atoms with Crippen LogP contribution in [0.2, 0.25) is 0 Å². The highest BCUT2D eigenvalue weighted by atomic mass is 32.2. The van der Waals surface area contributed by atoms with E-state index < -0.39 is 0 Å². The molecule has 7 heteroatoms. The molecule has 1 atom stereocenters. The Morgan fingerprint density at radius 2 is 2.30 bits per heavy atom. The van der Waals surface area contributed by atoms with Crippen LogP contribution in [0.5, 0.6) is 5.75 Å². The third-order valence-electron chi connectivity index (χ3n) is 4.40. The Labute approximate surface area is 163 Å². The van der Waals surface area contributed by atoms with Gasteiger partial charge in [0.15, 0.2) is 5.16 Å². The first kappa shape index (κ1) is 19.2. The van der Waals surface area contributed by atoms with E-state index >= 15 is 0 Å². The number of rotatable bonds is 7. The Kier molecular flexibility index (Phi) is 6.34. The number of benzene rings is 1. The lowest BCUT2D eigenvalue weighted by atomic mass is 10.1. The average Bonchev–Trinajstić information content (AvgIpc) is 3.10. The van der Waals surface area contributed by atoms with Crippen LogP contribution in [0.25, 0.3) is 6.08 Å². The number of anilines is 1. The molecule has 1 aromatic carbocycles. The Hall–Kier alpha value is -2.54. The normalized spacial score (nSPS) is 15.6. The van der Waals surface area contributed by atoms with Crippen molar-refractivity contribution in [1.29, 1.82) is 0 Å². The standard InChI is InChI=1S/C20H23N3O3S/c1-4-26-17(24)11-9-14-12-21-20(27-3)23-19(14)22-15-10-8-13-6-5-7-16(25-2)18(13)15/h5-7,9,11-12,15H,4,8,10H2,1-3H3,(H,21,22,23)/b11-9+. The molecule has 0 amide bonds. The van der Waals surface area contributed by atoms with Gasteiger partial charge in [-0.05, 0) is 43.7 Å². The minimum atomic E-state index is -0.384. The van der Waals surface area contributed by atoms with E-state index in [0.717, 1.165) is 24.2 Å². The number of methoxy groups -OCH3 is 1. The van der Waals surface area contributed by atoms with Crippen LogP contribution in [0, 0.1) is 0 Å². The fourth-order valence-corrected chi connectivity index (χ4v) is 3.53. The van der Waals surface area contributed by atoms with Crippen molar-refractivity contribution in [2.24, 2.45) is 0 Å². The fraction of sp³-hybridized carbons (Fsp3) is 0.350. The van der Waals surface area contributed by atoms with Crippen molar-refractivity contribution in [3.63, 3.8) is 0 Å². The number of hydrogen-bond acceptors (Lipinski definition) is 7. The van der Waals surface area contributed by atoms with Crippen LogP contribution in [0.15, 0.2) is 35.6 Å². The van der Waals surface area contributed by atoms with Gasteiger partial charge in [0.25, 0.3) is 0 Å². The van der Waals surface area contributed by atoms with E-state index in [1.54, 1.807) is 26.3 Å². The summed E-state index contributed by atoms with van der Waals surface area (Å²) in [6.07, 6.45) is 8.67. The molecule has 2 aromatic rings. The Morgan fingerprint density at radius 3 is 3.04 bits per heavy atom. The number of fused-ring (bicyclic) bond motifs is 1. The summed E-state index contributed by atoms with van der Waals surface area (Å²) in [5.74, 6) is 1.19. The van der Waals surface area contributed by atoms with Gasteiger partial charge in [-0.1, -0.05) is 23.9 Å². The number of nitrogens with one attached hydrogen (secondary N) is 1. The number of ether oxygens (including phenoxy) is 2. The van der Waals surface area contributed by atoms with Crippen LogP contribution >= 0.6 is 11.8 Å². The van der Waals surface area contributed by atoms with Crippen LogP contribution in [-0.4, -0.2) is 35.9 Å². The molecular formula is C20H23N3O3S. The highest BCUT2D eigenvalue weighted by Gasteiger charge is 2.26. The molecular weight excluding hydrogens is 362 g/mol. The summed E-state index contributed by atoms with van der Waals surface area (Å²) in [7, 11) is 1.69. The molecule has 0 saturated carbocycles. The van der Waals surface area contributed by atoms with Gasteiger partial charge in [0, 0.05) is 23.4 Å². The molecule has 1 aliphatic rings. The van der Waals surface area contributed by atoms with Gasteiger partial charge in [-0.3, -0.25) is 0 Å². The molecule has 1 unspecified atom stereocenters. The van der Waals surface area contributed by atoms with Crippen LogP contribution in [0.1, 0.15) is 36.1 Å². The topological polar surface area (TPSA) is 73.3 Å². The van der Waals surface area contributed by atoms with E-state index in [-0.39, 0.29) is 12.0 Å². The summed E-state index contributed by atoms with van der Waals surface area (Å²) in [5, 5.41) is 4.19. The first-order chi connectivity index (χ1) is 13.2. The highest BCUT2D eigenvalue weighted by Crippen LogP contribution is 2.40. The lowest BCUT2D eigenvalue weighted by Gasteiger charge is -2.19. The minimum Gasteiger partial charge on any atom is -0.496 e. The zero-order valence-corrected chi connectivity index (χ0v) is 16.5. The van der Waals surface area contributed by atoms with Crippen molar-refractivity contribution in [2.45, 2.75) is 31.0 Å². The number of aryl methyl sites for hydroxylation is 1. The Bertz CT molecular complexity index is 854. The number of thioether (sulfide) groups is 1. The zero-order valence-electron chi connectivity index (χ0n) is 15.7. The van der Waals surface area contributed by atoms with Crippen molar-refractivity contribution in [3.05, 3.63) is 47.2 Å². The van der Waals surface area contributed by atoms with Crippen LogP contribution in [-0.2, 0) is 16.0 Å². The summed E-state index contributed by atoms with van der Waals surface area (Å²) in [6.45, 7) is 2.12. The first-order valence-electron chi connectivity index (χ1n) is 8.84. The third kappa shape index (κ3) is 4.42. The SMILES string of the molecule is CCOC(=O)/C=C/c1cnc(SC)nc1NC1CCc2cccc(OC)c21. The maximum Gasteiger partial charge on any atom is 0.330 e. The van der Waals surface area contributed by atoms with Gasteiger partial charge < -0.3 is 14.8 Å². The molecule has 1 aliphatic carbocycles. The van der Waals surface area contributed by atoms with Gasteiger partial charge in [-0.25, -0.2) is 14.8 Å². The second kappa shape index (κ2) is 8.90. The van der Waals surface area contributed by atoms with E-state index in [2.05, 4.69) is 21.4 Å². The van der Waals surface area contributed by atoms with E-state index in [9.17, 15) is 4.79 Å². The molecule has 1 N–H and O–H groups in total. The summed E-state index contributed by atoms with van der Waals surface area (Å²) in [4.78, 5) is 20.6. The molecule has 0 spiro atoms. The smallest absolute Gasteiger partial charge is 0.330 e. The maximum absolute atomic E-state index is 11.7. The minimum absolute atomic E-state index is 0.0931. The summed E-state index contributed by atoms with van der Waals surface area (Å²) in [6, 6.07) is 6.22. The van der Waals surface area contributed by atoms with Crippen LogP contribution in [0.4, 0.5) is 5.82 Å². The number of nitrogens with zero attached hydrogens (tertiary/aromatic N) is 2. The predicted octanol–water partition coefficient (Wildman–Crippen LogP) is 3.88. The van der Waals surface area contributed by atoms with Crippen molar-refractivity contribution in [3.8, 4) is 5.75 Å². The summed E-state index contributed by atoms with van der Waals surface area (Å²) < 4.78 is 10.5. The van der Waals surface area contributed by atoms with E-state index in [4.69, 9.17) is 9.47 Å². The van der Waals surface area contributed by atoms with Gasteiger partial charge in [0.2, 0.25) is 0 Å². The van der Waals surface area contributed by atoms with Gasteiger partial charge in [0.05, 0.1) is 19.8 Å². The molecule has 0 bridgehead atoms. The summed E-state index contributed by atoms with van der Waals surface area (Å²) in [5.41, 5.74) is 3.20. The van der Waals surface area contributed by atoms with E-state index in [1.807, 2.05) is 18.4 Å². The molecule has 6 nitrogen and oxygen atoms in total. The monoisotopic (exact) mass is 385 g/mol. The molecule has 1 aromatic heterocycles. The molecule has 0 aliphatic heterocycles. The van der Waals surface area contributed by atoms with Gasteiger partial charge in [-0.2, -0.15) is 0 Å². The molecule has 0 radical (unpaired) electrons. The number of hydrogen-bond donors (Lipinski definition) is 1. The van der Waals surface area contributed by atoms with Crippen molar-refractivity contribution >= 4 is 29.6 Å². The van der Waals surface area contributed by atoms with Crippen LogP contribution < -0.4 is 10.1 Å². The van der Waals surface area contributed by atoms with Gasteiger partial charge in [0.1, 0.15) is 11.6 Å². The predicted molar refractivity (Wildman–Crippen MR) is 107 cm³/mol. The van der Waals surface area contributed by atoms with E-state index in [0.29, 0.717) is 17.6 Å². The van der Waals surface area contributed by atoms with Gasteiger partial charge >= 0.3 is 5.97 Å². The molecule has 27 heavy (non-hydrogen) atoms. The Morgan fingerprint density at radius 1 is 1.44 bits per heavy atom. The molecule has 0 fully saturated rings. The molecule has 3 rings (SSSR count). The number of aromatic nitrogens is 2. The average molecular weight is 385 g/mol. The number of carbonyl (C=O) groups is 1. The fourth-order valence-electron chi connectivity index (χ4n) is 3.19. The maximum atomic E-state index is 11.7. The van der Waals surface area contributed by atoms with Crippen molar-refractivity contribution in [1.82, 2.24) is 9.97 Å². The zero-order chi connectivity index (χ0) is 19.2. The quantitative estimate of drug-likeness (QED) is 0.335. The molecule has 142 valence electrons. The lowest BCUT2D eigenvalue weighted by Crippen LogP contribution is -2.11. The first-order valence-corrected chi connectivity index (χ1v) is 10.1.